The molecule has 1 aliphatic rings. The largest absolute Gasteiger partial charge is 0.314 e. The predicted molar refractivity (Wildman–Crippen MR) is 78.4 cm³/mol. The monoisotopic (exact) mass is 311 g/mol. The molecule has 0 bridgehead atoms. The van der Waals surface area contributed by atoms with Crippen LogP contribution in [0.2, 0.25) is 5.02 Å². The highest BCUT2D eigenvalue weighted by molar-refractivity contribution is 7.89. The lowest BCUT2D eigenvalue weighted by Gasteiger charge is -2.26. The summed E-state index contributed by atoms with van der Waals surface area (Å²) in [7, 11) is -3.53. The molecule has 1 aromatic heterocycles. The molecule has 0 unspecified atom stereocenters. The quantitative estimate of drug-likeness (QED) is 0.912. The number of pyridine rings is 1. The lowest BCUT2D eigenvalue weighted by molar-refractivity contribution is 0.360. The summed E-state index contributed by atoms with van der Waals surface area (Å²) < 4.78 is 26.9. The van der Waals surface area contributed by atoms with Crippen molar-refractivity contribution in [3.63, 3.8) is 0 Å². The number of aromatic nitrogens is 1. The van der Waals surface area contributed by atoms with Gasteiger partial charge in [0.15, 0.2) is 0 Å². The molecular weight excluding hydrogens is 298 g/mol. The van der Waals surface area contributed by atoms with E-state index in [1.165, 1.54) is 10.5 Å². The summed E-state index contributed by atoms with van der Waals surface area (Å²) in [4.78, 5) is 4.25. The SMILES string of the molecule is O=S(=O)(c1cncc2c(Cl)cccc12)N1CCNCC1. The highest BCUT2D eigenvalue weighted by Crippen LogP contribution is 2.29. The van der Waals surface area contributed by atoms with Crippen molar-refractivity contribution in [2.24, 2.45) is 0 Å². The average Bonchev–Trinajstić information content (AvgIpc) is 2.48. The molecule has 0 spiro atoms. The summed E-state index contributed by atoms with van der Waals surface area (Å²) in [6, 6.07) is 5.24. The third kappa shape index (κ3) is 2.29. The maximum atomic E-state index is 12.7. The van der Waals surface area contributed by atoms with E-state index in [0.717, 1.165) is 0 Å². The number of fused-ring (bicyclic) bond motifs is 1. The first kappa shape index (κ1) is 13.8. The van der Waals surface area contributed by atoms with Gasteiger partial charge in [0.2, 0.25) is 10.0 Å². The fraction of sp³-hybridized carbons (Fsp3) is 0.308. The number of sulfonamides is 1. The summed E-state index contributed by atoms with van der Waals surface area (Å²) in [6.45, 7) is 2.27. The molecule has 20 heavy (non-hydrogen) atoms. The fourth-order valence-corrected chi connectivity index (χ4v) is 4.18. The van der Waals surface area contributed by atoms with Crippen LogP contribution in [0.25, 0.3) is 10.8 Å². The number of benzene rings is 1. The molecule has 1 fully saturated rings. The Hall–Kier alpha value is -1.21. The van der Waals surface area contributed by atoms with E-state index in [0.29, 0.717) is 42.0 Å². The Balaban J connectivity index is 2.16. The normalized spacial score (nSPS) is 17.4. The molecule has 7 heteroatoms. The smallest absolute Gasteiger partial charge is 0.245 e. The first-order valence-electron chi connectivity index (χ1n) is 6.34. The molecule has 0 atom stereocenters. The summed E-state index contributed by atoms with van der Waals surface area (Å²) in [6.07, 6.45) is 2.99. The van der Waals surface area contributed by atoms with Crippen LogP contribution in [0.5, 0.6) is 0 Å². The maximum Gasteiger partial charge on any atom is 0.245 e. The Morgan fingerprint density at radius 3 is 2.65 bits per heavy atom. The van der Waals surface area contributed by atoms with Gasteiger partial charge in [-0.15, -0.1) is 0 Å². The van der Waals surface area contributed by atoms with Gasteiger partial charge in [-0.3, -0.25) is 4.98 Å². The minimum atomic E-state index is -3.53. The van der Waals surface area contributed by atoms with E-state index in [4.69, 9.17) is 11.6 Å². The molecule has 5 nitrogen and oxygen atoms in total. The lowest BCUT2D eigenvalue weighted by Crippen LogP contribution is -2.46. The molecule has 106 valence electrons. The number of rotatable bonds is 2. The number of hydrogen-bond donors (Lipinski definition) is 1. The fourth-order valence-electron chi connectivity index (χ4n) is 2.36. The van der Waals surface area contributed by atoms with Crippen LogP contribution < -0.4 is 5.32 Å². The Labute approximate surface area is 122 Å². The molecule has 0 aliphatic carbocycles. The van der Waals surface area contributed by atoms with E-state index in [2.05, 4.69) is 10.3 Å². The van der Waals surface area contributed by atoms with Crippen LogP contribution in [0.3, 0.4) is 0 Å². The average molecular weight is 312 g/mol. The van der Waals surface area contributed by atoms with Crippen LogP contribution in [0, 0.1) is 0 Å². The van der Waals surface area contributed by atoms with Crippen molar-refractivity contribution in [3.8, 4) is 0 Å². The Morgan fingerprint density at radius 2 is 1.90 bits per heavy atom. The summed E-state index contributed by atoms with van der Waals surface area (Å²) in [5, 5.41) is 4.92. The molecule has 0 radical (unpaired) electrons. The molecule has 1 aliphatic heterocycles. The highest BCUT2D eigenvalue weighted by atomic mass is 35.5. The number of nitrogens with zero attached hydrogens (tertiary/aromatic N) is 2. The summed E-state index contributed by atoms with van der Waals surface area (Å²) in [5.74, 6) is 0. The van der Waals surface area contributed by atoms with Crippen molar-refractivity contribution < 1.29 is 8.42 Å². The van der Waals surface area contributed by atoms with Crippen LogP contribution in [0.1, 0.15) is 0 Å². The van der Waals surface area contributed by atoms with Gasteiger partial charge >= 0.3 is 0 Å². The van der Waals surface area contributed by atoms with Gasteiger partial charge in [0.25, 0.3) is 0 Å². The standard InChI is InChI=1S/C13H14ClN3O2S/c14-12-3-1-2-10-11(12)8-16-9-13(10)20(18,19)17-6-4-15-5-7-17/h1-3,8-9,15H,4-7H2. The Morgan fingerprint density at radius 1 is 1.15 bits per heavy atom. The highest BCUT2D eigenvalue weighted by Gasteiger charge is 2.27. The van der Waals surface area contributed by atoms with Crippen molar-refractivity contribution in [1.82, 2.24) is 14.6 Å². The second-order valence-electron chi connectivity index (χ2n) is 4.63. The van der Waals surface area contributed by atoms with Gasteiger partial charge in [0, 0.05) is 54.4 Å². The second-order valence-corrected chi connectivity index (χ2v) is 6.94. The van der Waals surface area contributed by atoms with E-state index in [-0.39, 0.29) is 4.90 Å². The molecule has 0 saturated carbocycles. The topological polar surface area (TPSA) is 62.3 Å². The molecule has 0 amide bonds. The van der Waals surface area contributed by atoms with Crippen LogP contribution in [0.4, 0.5) is 0 Å². The lowest BCUT2D eigenvalue weighted by atomic mass is 10.2. The van der Waals surface area contributed by atoms with E-state index in [9.17, 15) is 8.42 Å². The zero-order valence-corrected chi connectivity index (χ0v) is 12.3. The Kier molecular flexibility index (Phi) is 3.64. The molecular formula is C13H14ClN3O2S. The van der Waals surface area contributed by atoms with Gasteiger partial charge in [0.1, 0.15) is 4.90 Å². The first-order chi connectivity index (χ1) is 9.60. The molecule has 2 aromatic rings. The minimum Gasteiger partial charge on any atom is -0.314 e. The van der Waals surface area contributed by atoms with Crippen LogP contribution in [-0.4, -0.2) is 43.9 Å². The minimum absolute atomic E-state index is 0.222. The van der Waals surface area contributed by atoms with Gasteiger partial charge in [-0.25, -0.2) is 8.42 Å². The van der Waals surface area contributed by atoms with Crippen molar-refractivity contribution >= 4 is 32.4 Å². The Bertz CT molecular complexity index is 742. The van der Waals surface area contributed by atoms with E-state index >= 15 is 0 Å². The third-order valence-electron chi connectivity index (χ3n) is 3.41. The molecule has 1 aromatic carbocycles. The number of hydrogen-bond acceptors (Lipinski definition) is 4. The van der Waals surface area contributed by atoms with Gasteiger partial charge < -0.3 is 5.32 Å². The first-order valence-corrected chi connectivity index (χ1v) is 8.15. The van der Waals surface area contributed by atoms with Crippen LogP contribution in [0.15, 0.2) is 35.5 Å². The number of halogens is 1. The molecule has 2 heterocycles. The second kappa shape index (κ2) is 5.29. The van der Waals surface area contributed by atoms with Crippen molar-refractivity contribution in [3.05, 3.63) is 35.6 Å². The van der Waals surface area contributed by atoms with Crippen LogP contribution in [-0.2, 0) is 10.0 Å². The van der Waals surface area contributed by atoms with Crippen molar-refractivity contribution in [2.75, 3.05) is 26.2 Å². The van der Waals surface area contributed by atoms with Crippen molar-refractivity contribution in [2.45, 2.75) is 4.90 Å². The van der Waals surface area contributed by atoms with Gasteiger partial charge in [-0.1, -0.05) is 23.7 Å². The van der Waals surface area contributed by atoms with E-state index < -0.39 is 10.0 Å². The molecule has 1 saturated heterocycles. The van der Waals surface area contributed by atoms with Gasteiger partial charge in [-0.05, 0) is 6.07 Å². The van der Waals surface area contributed by atoms with Crippen molar-refractivity contribution in [1.29, 1.82) is 0 Å². The third-order valence-corrected chi connectivity index (χ3v) is 5.66. The van der Waals surface area contributed by atoms with E-state index in [1.54, 1.807) is 24.4 Å². The van der Waals surface area contributed by atoms with E-state index in [1.807, 2.05) is 0 Å². The molecule has 3 rings (SSSR count). The molecule has 1 N–H and O–H groups in total. The zero-order chi connectivity index (χ0) is 14.2. The zero-order valence-electron chi connectivity index (χ0n) is 10.7. The van der Waals surface area contributed by atoms with Gasteiger partial charge in [-0.2, -0.15) is 4.31 Å². The predicted octanol–water partition coefficient (Wildman–Crippen LogP) is 1.48. The van der Waals surface area contributed by atoms with Crippen LogP contribution >= 0.6 is 11.6 Å². The maximum absolute atomic E-state index is 12.7. The summed E-state index contributed by atoms with van der Waals surface area (Å²) >= 11 is 6.11. The van der Waals surface area contributed by atoms with Gasteiger partial charge in [0.05, 0.1) is 0 Å². The number of piperazine rings is 1. The summed E-state index contributed by atoms with van der Waals surface area (Å²) in [5.41, 5.74) is 0. The number of nitrogens with one attached hydrogen (secondary N) is 1.